The molecule has 0 aliphatic heterocycles. The van der Waals surface area contributed by atoms with Gasteiger partial charge in [0.05, 0.1) is 25.3 Å². The van der Waals surface area contributed by atoms with Gasteiger partial charge in [0, 0.05) is 24.8 Å². The SMILES string of the molecule is COCc1nc(C)ncc1OC[C@@]1(c2cc(F)cc(F)c2)C[C@H]1C(=O)Nc1ccccn1. The first kappa shape index (κ1) is 21.8. The van der Waals surface area contributed by atoms with Crippen LogP contribution < -0.4 is 10.1 Å². The molecule has 32 heavy (non-hydrogen) atoms. The summed E-state index contributed by atoms with van der Waals surface area (Å²) in [5.74, 6) is -0.922. The molecular formula is C23H22F2N4O3. The van der Waals surface area contributed by atoms with Gasteiger partial charge in [-0.05, 0) is 43.2 Å². The maximum atomic E-state index is 14.0. The van der Waals surface area contributed by atoms with Crippen LogP contribution in [0.4, 0.5) is 14.6 Å². The van der Waals surface area contributed by atoms with E-state index in [4.69, 9.17) is 9.47 Å². The number of methoxy groups -OCH3 is 1. The molecule has 1 saturated carbocycles. The number of pyridine rings is 1. The summed E-state index contributed by atoms with van der Waals surface area (Å²) in [7, 11) is 1.54. The second-order valence-corrected chi connectivity index (χ2v) is 7.73. The predicted octanol–water partition coefficient (Wildman–Crippen LogP) is 3.58. The third kappa shape index (κ3) is 4.57. The summed E-state index contributed by atoms with van der Waals surface area (Å²) in [5.41, 5.74) is 0.00465. The van der Waals surface area contributed by atoms with Gasteiger partial charge in [-0.2, -0.15) is 0 Å². The molecule has 0 spiro atoms. The van der Waals surface area contributed by atoms with Crippen molar-refractivity contribution < 1.29 is 23.0 Å². The minimum atomic E-state index is -0.906. The number of halogens is 2. The lowest BCUT2D eigenvalue weighted by atomic mass is 9.93. The predicted molar refractivity (Wildman–Crippen MR) is 112 cm³/mol. The van der Waals surface area contributed by atoms with Crippen molar-refractivity contribution in [2.45, 2.75) is 25.4 Å². The largest absolute Gasteiger partial charge is 0.489 e. The Hall–Kier alpha value is -3.46. The van der Waals surface area contributed by atoms with Crippen LogP contribution in [0.5, 0.6) is 5.75 Å². The lowest BCUT2D eigenvalue weighted by Gasteiger charge is -2.20. The van der Waals surface area contributed by atoms with E-state index in [1.54, 1.807) is 31.3 Å². The van der Waals surface area contributed by atoms with Crippen molar-refractivity contribution >= 4 is 11.7 Å². The zero-order valence-corrected chi connectivity index (χ0v) is 17.6. The molecule has 1 N–H and O–H groups in total. The van der Waals surface area contributed by atoms with Crippen molar-refractivity contribution in [3.05, 3.63) is 77.5 Å². The Kier molecular flexibility index (Phi) is 6.09. The van der Waals surface area contributed by atoms with E-state index in [9.17, 15) is 13.6 Å². The Labute approximate surface area is 183 Å². The quantitative estimate of drug-likeness (QED) is 0.576. The average molecular weight is 440 g/mol. The number of benzene rings is 1. The smallest absolute Gasteiger partial charge is 0.229 e. The number of nitrogens with zero attached hydrogens (tertiary/aromatic N) is 3. The van der Waals surface area contributed by atoms with Gasteiger partial charge in [0.15, 0.2) is 5.75 Å². The third-order valence-corrected chi connectivity index (χ3v) is 5.46. The van der Waals surface area contributed by atoms with Crippen LogP contribution in [0.2, 0.25) is 0 Å². The molecule has 0 bridgehead atoms. The summed E-state index contributed by atoms with van der Waals surface area (Å²) in [4.78, 5) is 25.5. The van der Waals surface area contributed by atoms with Crippen LogP contribution >= 0.6 is 0 Å². The Morgan fingerprint density at radius 2 is 2.00 bits per heavy atom. The fraction of sp³-hybridized carbons (Fsp3) is 0.304. The second-order valence-electron chi connectivity index (χ2n) is 7.73. The summed E-state index contributed by atoms with van der Waals surface area (Å²) in [6.45, 7) is 1.97. The number of aromatic nitrogens is 3. The maximum absolute atomic E-state index is 14.0. The number of aryl methyl sites for hydroxylation is 1. The normalized spacial score (nSPS) is 19.4. The highest BCUT2D eigenvalue weighted by molar-refractivity contribution is 5.95. The molecule has 1 aliphatic carbocycles. The maximum Gasteiger partial charge on any atom is 0.229 e. The molecule has 1 fully saturated rings. The lowest BCUT2D eigenvalue weighted by molar-refractivity contribution is -0.117. The minimum absolute atomic E-state index is 0.0132. The van der Waals surface area contributed by atoms with Gasteiger partial charge in [-0.25, -0.2) is 23.7 Å². The highest BCUT2D eigenvalue weighted by atomic mass is 19.1. The van der Waals surface area contributed by atoms with Crippen molar-refractivity contribution in [1.29, 1.82) is 0 Å². The van der Waals surface area contributed by atoms with Crippen LogP contribution in [0.3, 0.4) is 0 Å². The lowest BCUT2D eigenvalue weighted by Crippen LogP contribution is -2.27. The van der Waals surface area contributed by atoms with Crippen molar-refractivity contribution in [3.8, 4) is 5.75 Å². The fourth-order valence-corrected chi connectivity index (χ4v) is 3.78. The standard InChI is InChI=1S/C23H22F2N4O3/c1-14-27-11-20(19(28-14)12-31-2)32-13-23(15-7-16(24)9-17(25)8-15)10-18(23)22(30)29-21-5-3-4-6-26-21/h3-9,11,18H,10,12-13H2,1-2H3,(H,26,29,30)/t18-,23+/m0/s1. The van der Waals surface area contributed by atoms with E-state index in [1.165, 1.54) is 25.4 Å². The minimum Gasteiger partial charge on any atom is -0.489 e. The number of carbonyl (C=O) groups excluding carboxylic acids is 1. The van der Waals surface area contributed by atoms with Crippen LogP contribution in [0.25, 0.3) is 0 Å². The van der Waals surface area contributed by atoms with Crippen LogP contribution in [0.15, 0.2) is 48.8 Å². The summed E-state index contributed by atoms with van der Waals surface area (Å²) < 4.78 is 39.2. The van der Waals surface area contributed by atoms with Crippen molar-refractivity contribution in [3.63, 3.8) is 0 Å². The Morgan fingerprint density at radius 1 is 1.22 bits per heavy atom. The summed E-state index contributed by atoms with van der Waals surface area (Å²) in [6.07, 6.45) is 3.46. The summed E-state index contributed by atoms with van der Waals surface area (Å²) in [6, 6.07) is 8.43. The highest BCUT2D eigenvalue weighted by Gasteiger charge is 2.60. The molecule has 0 saturated heterocycles. The average Bonchev–Trinajstić information content (AvgIpc) is 3.50. The molecule has 0 radical (unpaired) electrons. The van der Waals surface area contributed by atoms with Crippen LogP contribution in [-0.4, -0.2) is 34.6 Å². The monoisotopic (exact) mass is 440 g/mol. The first-order valence-electron chi connectivity index (χ1n) is 10.0. The number of carbonyl (C=O) groups is 1. The van der Waals surface area contributed by atoms with Gasteiger partial charge in [-0.3, -0.25) is 4.79 Å². The molecule has 1 aliphatic rings. The Bertz CT molecular complexity index is 1110. The zero-order valence-electron chi connectivity index (χ0n) is 17.6. The van der Waals surface area contributed by atoms with Crippen LogP contribution in [0, 0.1) is 24.5 Å². The van der Waals surface area contributed by atoms with E-state index in [0.717, 1.165) is 6.07 Å². The van der Waals surface area contributed by atoms with Gasteiger partial charge >= 0.3 is 0 Å². The van der Waals surface area contributed by atoms with Gasteiger partial charge in [0.2, 0.25) is 5.91 Å². The zero-order chi connectivity index (χ0) is 22.7. The van der Waals surface area contributed by atoms with Crippen LogP contribution in [0.1, 0.15) is 23.5 Å². The van der Waals surface area contributed by atoms with Gasteiger partial charge < -0.3 is 14.8 Å². The second kappa shape index (κ2) is 8.96. The number of nitrogens with one attached hydrogen (secondary N) is 1. The highest BCUT2D eigenvalue weighted by Crippen LogP contribution is 2.55. The van der Waals surface area contributed by atoms with E-state index < -0.39 is 23.0 Å². The molecule has 2 aromatic heterocycles. The van der Waals surface area contributed by atoms with Gasteiger partial charge in [-0.15, -0.1) is 0 Å². The van der Waals surface area contributed by atoms with E-state index in [-0.39, 0.29) is 19.1 Å². The number of anilines is 1. The summed E-state index contributed by atoms with van der Waals surface area (Å²) >= 11 is 0. The molecule has 1 amide bonds. The molecule has 1 aromatic carbocycles. The van der Waals surface area contributed by atoms with Crippen molar-refractivity contribution in [2.24, 2.45) is 5.92 Å². The van der Waals surface area contributed by atoms with E-state index in [0.29, 0.717) is 35.1 Å². The first-order chi connectivity index (χ1) is 15.4. The molecule has 0 unspecified atom stereocenters. The molecule has 2 atom stereocenters. The van der Waals surface area contributed by atoms with E-state index in [1.807, 2.05) is 0 Å². The molecular weight excluding hydrogens is 418 g/mol. The van der Waals surface area contributed by atoms with Crippen molar-refractivity contribution in [1.82, 2.24) is 15.0 Å². The van der Waals surface area contributed by atoms with E-state index in [2.05, 4.69) is 20.3 Å². The molecule has 166 valence electrons. The van der Waals surface area contributed by atoms with Gasteiger partial charge in [-0.1, -0.05) is 6.07 Å². The van der Waals surface area contributed by atoms with E-state index >= 15 is 0 Å². The first-order valence-corrected chi connectivity index (χ1v) is 10.0. The number of amides is 1. The van der Waals surface area contributed by atoms with Crippen LogP contribution in [-0.2, 0) is 21.6 Å². The van der Waals surface area contributed by atoms with Crippen molar-refractivity contribution in [2.75, 3.05) is 19.0 Å². The Balaban J connectivity index is 1.61. The molecule has 2 heterocycles. The number of hydrogen-bond acceptors (Lipinski definition) is 6. The molecule has 7 nitrogen and oxygen atoms in total. The molecule has 9 heteroatoms. The van der Waals surface area contributed by atoms with Gasteiger partial charge in [0.1, 0.15) is 29.0 Å². The number of hydrogen-bond donors (Lipinski definition) is 1. The number of rotatable bonds is 8. The fourth-order valence-electron chi connectivity index (χ4n) is 3.78. The Morgan fingerprint density at radius 3 is 2.69 bits per heavy atom. The number of ether oxygens (including phenoxy) is 2. The molecule has 3 aromatic rings. The third-order valence-electron chi connectivity index (χ3n) is 5.46. The van der Waals surface area contributed by atoms with Gasteiger partial charge in [0.25, 0.3) is 0 Å². The summed E-state index contributed by atoms with van der Waals surface area (Å²) in [5, 5.41) is 2.76. The molecule has 4 rings (SSSR count). The topological polar surface area (TPSA) is 86.2 Å².